The number of benzene rings is 1. The third-order valence-corrected chi connectivity index (χ3v) is 4.60. The third kappa shape index (κ3) is 2.51. The monoisotopic (exact) mass is 306 g/mol. The SMILES string of the molecule is COc1cc(OC)c(-c2nc(C3CC3)sc2N)cc1OC. The lowest BCUT2D eigenvalue weighted by Gasteiger charge is -2.13. The summed E-state index contributed by atoms with van der Waals surface area (Å²) in [6, 6.07) is 3.66. The van der Waals surface area contributed by atoms with Gasteiger partial charge in [0, 0.05) is 17.5 Å². The van der Waals surface area contributed by atoms with Crippen molar-refractivity contribution in [2.75, 3.05) is 27.1 Å². The van der Waals surface area contributed by atoms with Crippen LogP contribution in [0.1, 0.15) is 23.8 Å². The van der Waals surface area contributed by atoms with Gasteiger partial charge in [0.15, 0.2) is 11.5 Å². The Balaban J connectivity index is 2.11. The number of anilines is 1. The first-order valence-corrected chi connectivity index (χ1v) is 7.56. The number of nitrogens with zero attached hydrogens (tertiary/aromatic N) is 1. The average molecular weight is 306 g/mol. The van der Waals surface area contributed by atoms with Crippen LogP contribution in [0.25, 0.3) is 11.3 Å². The van der Waals surface area contributed by atoms with Gasteiger partial charge in [0.25, 0.3) is 0 Å². The summed E-state index contributed by atoms with van der Waals surface area (Å²) < 4.78 is 16.1. The number of aromatic nitrogens is 1. The number of hydrogen-bond acceptors (Lipinski definition) is 6. The van der Waals surface area contributed by atoms with Crippen LogP contribution in [0.3, 0.4) is 0 Å². The summed E-state index contributed by atoms with van der Waals surface area (Å²) in [7, 11) is 4.82. The molecule has 0 aliphatic heterocycles. The normalized spacial score (nSPS) is 14.0. The molecule has 2 aromatic rings. The maximum Gasteiger partial charge on any atom is 0.164 e. The first-order chi connectivity index (χ1) is 10.2. The predicted octanol–water partition coefficient (Wildman–Crippen LogP) is 3.30. The van der Waals surface area contributed by atoms with Crippen molar-refractivity contribution in [3.63, 3.8) is 0 Å². The Hall–Kier alpha value is -1.95. The van der Waals surface area contributed by atoms with Gasteiger partial charge in [-0.3, -0.25) is 0 Å². The number of nitrogen functional groups attached to an aromatic ring is 1. The van der Waals surface area contributed by atoms with Crippen molar-refractivity contribution in [3.8, 4) is 28.5 Å². The number of thiazole rings is 1. The fraction of sp³-hybridized carbons (Fsp3) is 0.400. The molecule has 5 nitrogen and oxygen atoms in total. The van der Waals surface area contributed by atoms with Crippen LogP contribution in [0.15, 0.2) is 12.1 Å². The van der Waals surface area contributed by atoms with Crippen molar-refractivity contribution in [1.29, 1.82) is 0 Å². The second-order valence-electron chi connectivity index (χ2n) is 4.95. The van der Waals surface area contributed by atoms with Crippen LogP contribution in [-0.2, 0) is 0 Å². The third-order valence-electron chi connectivity index (χ3n) is 3.56. The van der Waals surface area contributed by atoms with Crippen molar-refractivity contribution < 1.29 is 14.2 Å². The van der Waals surface area contributed by atoms with Gasteiger partial charge in [0.2, 0.25) is 0 Å². The van der Waals surface area contributed by atoms with Crippen molar-refractivity contribution >= 4 is 16.3 Å². The molecule has 0 unspecified atom stereocenters. The number of ether oxygens (including phenoxy) is 3. The van der Waals surface area contributed by atoms with Gasteiger partial charge in [-0.15, -0.1) is 11.3 Å². The topological polar surface area (TPSA) is 66.6 Å². The van der Waals surface area contributed by atoms with Crippen molar-refractivity contribution in [3.05, 3.63) is 17.1 Å². The Bertz CT molecular complexity index is 665. The lowest BCUT2D eigenvalue weighted by Crippen LogP contribution is -1.96. The Morgan fingerprint density at radius 1 is 1.05 bits per heavy atom. The first kappa shape index (κ1) is 14.0. The van der Waals surface area contributed by atoms with E-state index >= 15 is 0 Å². The molecule has 6 heteroatoms. The highest BCUT2D eigenvalue weighted by molar-refractivity contribution is 7.16. The van der Waals surface area contributed by atoms with Crippen LogP contribution < -0.4 is 19.9 Å². The van der Waals surface area contributed by atoms with E-state index in [2.05, 4.69) is 0 Å². The van der Waals surface area contributed by atoms with E-state index < -0.39 is 0 Å². The molecule has 2 N–H and O–H groups in total. The molecular formula is C15H18N2O3S. The second kappa shape index (κ2) is 5.44. The molecule has 1 aromatic carbocycles. The van der Waals surface area contributed by atoms with Crippen LogP contribution in [0.5, 0.6) is 17.2 Å². The number of methoxy groups -OCH3 is 3. The predicted molar refractivity (Wildman–Crippen MR) is 83.6 cm³/mol. The molecule has 1 fully saturated rings. The molecule has 0 spiro atoms. The summed E-state index contributed by atoms with van der Waals surface area (Å²) in [5, 5.41) is 1.82. The maximum absolute atomic E-state index is 6.15. The maximum atomic E-state index is 6.15. The Kier molecular flexibility index (Phi) is 3.63. The summed E-state index contributed by atoms with van der Waals surface area (Å²) in [4.78, 5) is 4.70. The van der Waals surface area contributed by atoms with Crippen LogP contribution >= 0.6 is 11.3 Å². The van der Waals surface area contributed by atoms with Crippen molar-refractivity contribution in [2.24, 2.45) is 0 Å². The zero-order valence-electron chi connectivity index (χ0n) is 12.3. The quantitative estimate of drug-likeness (QED) is 0.918. The van der Waals surface area contributed by atoms with E-state index in [1.165, 1.54) is 12.8 Å². The summed E-state index contributed by atoms with van der Waals surface area (Å²) in [5.74, 6) is 2.51. The average Bonchev–Trinajstić information content (AvgIpc) is 3.29. The molecule has 21 heavy (non-hydrogen) atoms. The van der Waals surface area contributed by atoms with Crippen LogP contribution in [-0.4, -0.2) is 26.3 Å². The molecule has 1 aromatic heterocycles. The van der Waals surface area contributed by atoms with E-state index in [0.717, 1.165) is 16.3 Å². The first-order valence-electron chi connectivity index (χ1n) is 6.74. The molecule has 0 atom stereocenters. The molecule has 3 rings (SSSR count). The number of rotatable bonds is 5. The van der Waals surface area contributed by atoms with Gasteiger partial charge in [-0.05, 0) is 18.9 Å². The minimum atomic E-state index is 0.581. The van der Waals surface area contributed by atoms with Crippen LogP contribution in [0, 0.1) is 0 Å². The smallest absolute Gasteiger partial charge is 0.164 e. The highest BCUT2D eigenvalue weighted by Gasteiger charge is 2.29. The molecule has 0 amide bonds. The molecule has 0 bridgehead atoms. The Morgan fingerprint density at radius 2 is 1.67 bits per heavy atom. The van der Waals surface area contributed by atoms with E-state index in [1.54, 1.807) is 38.7 Å². The van der Waals surface area contributed by atoms with E-state index in [9.17, 15) is 0 Å². The van der Waals surface area contributed by atoms with E-state index in [0.29, 0.717) is 28.2 Å². The molecule has 1 aliphatic rings. The van der Waals surface area contributed by atoms with Crippen LogP contribution in [0.4, 0.5) is 5.00 Å². The fourth-order valence-electron chi connectivity index (χ4n) is 2.26. The van der Waals surface area contributed by atoms with Gasteiger partial charge in [0.1, 0.15) is 16.4 Å². The van der Waals surface area contributed by atoms with Crippen molar-refractivity contribution in [2.45, 2.75) is 18.8 Å². The summed E-state index contributed by atoms with van der Waals surface area (Å²) in [6.07, 6.45) is 2.41. The summed E-state index contributed by atoms with van der Waals surface area (Å²) in [5.41, 5.74) is 7.75. The molecule has 112 valence electrons. The zero-order valence-corrected chi connectivity index (χ0v) is 13.1. The summed E-state index contributed by atoms with van der Waals surface area (Å²) >= 11 is 1.56. The molecule has 1 heterocycles. The van der Waals surface area contributed by atoms with Gasteiger partial charge in [-0.2, -0.15) is 0 Å². The lowest BCUT2D eigenvalue weighted by atomic mass is 10.1. The van der Waals surface area contributed by atoms with Gasteiger partial charge >= 0.3 is 0 Å². The highest BCUT2D eigenvalue weighted by Crippen LogP contribution is 2.47. The highest BCUT2D eigenvalue weighted by atomic mass is 32.1. The Labute approximate surface area is 127 Å². The van der Waals surface area contributed by atoms with Gasteiger partial charge in [-0.25, -0.2) is 4.98 Å². The number of nitrogens with two attached hydrogens (primary N) is 1. The van der Waals surface area contributed by atoms with Gasteiger partial charge < -0.3 is 19.9 Å². The van der Waals surface area contributed by atoms with E-state index in [4.69, 9.17) is 24.9 Å². The molecular weight excluding hydrogens is 288 g/mol. The van der Waals surface area contributed by atoms with E-state index in [1.807, 2.05) is 6.07 Å². The minimum Gasteiger partial charge on any atom is -0.496 e. The lowest BCUT2D eigenvalue weighted by molar-refractivity contribution is 0.349. The second-order valence-corrected chi connectivity index (χ2v) is 6.01. The zero-order chi connectivity index (χ0) is 15.0. The standard InChI is InChI=1S/C15H18N2O3S/c1-18-10-7-12(20-3)11(19-2)6-9(10)13-14(16)21-15(17-13)8-4-5-8/h6-8H,4-5,16H2,1-3H3. The molecule has 1 saturated carbocycles. The molecule has 0 radical (unpaired) electrons. The van der Waals surface area contributed by atoms with Crippen LogP contribution in [0.2, 0.25) is 0 Å². The number of hydrogen-bond donors (Lipinski definition) is 1. The van der Waals surface area contributed by atoms with Crippen molar-refractivity contribution in [1.82, 2.24) is 4.98 Å². The van der Waals surface area contributed by atoms with Gasteiger partial charge in [0.05, 0.1) is 26.3 Å². The Morgan fingerprint density at radius 3 is 2.24 bits per heavy atom. The molecule has 1 aliphatic carbocycles. The molecule has 0 saturated heterocycles. The van der Waals surface area contributed by atoms with Gasteiger partial charge in [-0.1, -0.05) is 0 Å². The summed E-state index contributed by atoms with van der Waals surface area (Å²) in [6.45, 7) is 0. The fourth-order valence-corrected chi connectivity index (χ4v) is 3.28. The largest absolute Gasteiger partial charge is 0.496 e. The van der Waals surface area contributed by atoms with E-state index in [-0.39, 0.29) is 0 Å². The minimum absolute atomic E-state index is 0.581.